The molecule has 1 aromatic rings. The van der Waals surface area contributed by atoms with Crippen molar-refractivity contribution in [3.05, 3.63) is 35.9 Å². The Balaban J connectivity index is 2.26. The topological polar surface area (TPSA) is 116 Å². The maximum Gasteiger partial charge on any atom is 0.326 e. The van der Waals surface area contributed by atoms with Crippen LogP contribution >= 0.6 is 0 Å². The number of aliphatic carboxylic acids is 2. The minimum Gasteiger partial charge on any atom is -0.481 e. The summed E-state index contributed by atoms with van der Waals surface area (Å²) in [5.41, 5.74) is 1.15. The highest BCUT2D eigenvalue weighted by atomic mass is 16.4. The second kappa shape index (κ2) is 8.57. The van der Waals surface area contributed by atoms with Crippen LogP contribution in [-0.2, 0) is 16.0 Å². The lowest BCUT2D eigenvalue weighted by Gasteiger charge is -2.13. The zero-order chi connectivity index (χ0) is 15.7. The molecule has 0 spiro atoms. The molecule has 114 valence electrons. The maximum absolute atomic E-state index is 11.5. The summed E-state index contributed by atoms with van der Waals surface area (Å²) in [5.74, 6) is -2.66. The highest BCUT2D eigenvalue weighted by Gasteiger charge is 2.22. The van der Waals surface area contributed by atoms with Crippen molar-refractivity contribution < 1.29 is 24.6 Å². The first-order valence-corrected chi connectivity index (χ1v) is 6.52. The van der Waals surface area contributed by atoms with E-state index in [-0.39, 0.29) is 0 Å². The highest BCUT2D eigenvalue weighted by Crippen LogP contribution is 2.01. The van der Waals surface area contributed by atoms with E-state index in [0.29, 0.717) is 13.0 Å². The molecule has 0 bridgehead atoms. The molecule has 0 aliphatic heterocycles. The standard InChI is InChI=1S/C14H18N2O5/c17-12(18)9-11(13(19)20)16-14(21)15-8-4-7-10-5-2-1-3-6-10/h1-3,5-6,11H,4,7-9H2,(H,17,18)(H,19,20)(H2,15,16,21)/t11-/m0/s1. The van der Waals surface area contributed by atoms with Crippen molar-refractivity contribution in [3.63, 3.8) is 0 Å². The van der Waals surface area contributed by atoms with Crippen LogP contribution in [0.2, 0.25) is 0 Å². The van der Waals surface area contributed by atoms with Crippen LogP contribution in [0.3, 0.4) is 0 Å². The molecule has 0 aliphatic rings. The summed E-state index contributed by atoms with van der Waals surface area (Å²) in [5, 5.41) is 22.0. The van der Waals surface area contributed by atoms with Gasteiger partial charge in [0.15, 0.2) is 0 Å². The number of aryl methyl sites for hydroxylation is 1. The van der Waals surface area contributed by atoms with E-state index < -0.39 is 30.4 Å². The molecule has 0 radical (unpaired) electrons. The van der Waals surface area contributed by atoms with Crippen LogP contribution in [0.5, 0.6) is 0 Å². The molecule has 0 aromatic heterocycles. The maximum atomic E-state index is 11.5. The number of nitrogens with one attached hydrogen (secondary N) is 2. The first-order valence-electron chi connectivity index (χ1n) is 6.52. The average Bonchev–Trinajstić information content (AvgIpc) is 2.43. The van der Waals surface area contributed by atoms with E-state index in [9.17, 15) is 14.4 Å². The van der Waals surface area contributed by atoms with Gasteiger partial charge in [-0.2, -0.15) is 0 Å². The summed E-state index contributed by atoms with van der Waals surface area (Å²) in [6, 6.07) is 7.62. The van der Waals surface area contributed by atoms with Gasteiger partial charge >= 0.3 is 18.0 Å². The predicted molar refractivity (Wildman–Crippen MR) is 75.0 cm³/mol. The van der Waals surface area contributed by atoms with Crippen LogP contribution in [0.25, 0.3) is 0 Å². The Morgan fingerprint density at radius 1 is 1.10 bits per heavy atom. The van der Waals surface area contributed by atoms with Crippen LogP contribution in [0.1, 0.15) is 18.4 Å². The molecule has 21 heavy (non-hydrogen) atoms. The Labute approximate surface area is 122 Å². The Morgan fingerprint density at radius 2 is 1.76 bits per heavy atom. The fraction of sp³-hybridized carbons (Fsp3) is 0.357. The van der Waals surface area contributed by atoms with Crippen LogP contribution in [0.4, 0.5) is 4.79 Å². The molecule has 0 saturated heterocycles. The molecule has 0 aliphatic carbocycles. The molecule has 1 aromatic carbocycles. The molecular weight excluding hydrogens is 276 g/mol. The van der Waals surface area contributed by atoms with Crippen LogP contribution in [0.15, 0.2) is 30.3 Å². The number of hydrogen-bond acceptors (Lipinski definition) is 3. The fourth-order valence-electron chi connectivity index (χ4n) is 1.72. The van der Waals surface area contributed by atoms with Crippen LogP contribution in [-0.4, -0.2) is 40.8 Å². The van der Waals surface area contributed by atoms with E-state index in [1.165, 1.54) is 0 Å². The van der Waals surface area contributed by atoms with Gasteiger partial charge in [0.2, 0.25) is 0 Å². The second-order valence-corrected chi connectivity index (χ2v) is 4.48. The third-order valence-electron chi connectivity index (χ3n) is 2.75. The van der Waals surface area contributed by atoms with Gasteiger partial charge in [-0.3, -0.25) is 4.79 Å². The molecule has 7 nitrogen and oxygen atoms in total. The van der Waals surface area contributed by atoms with E-state index in [1.54, 1.807) is 0 Å². The third kappa shape index (κ3) is 6.95. The van der Waals surface area contributed by atoms with Gasteiger partial charge in [0.25, 0.3) is 0 Å². The van der Waals surface area contributed by atoms with Crippen LogP contribution in [0, 0.1) is 0 Å². The Bertz CT molecular complexity index is 489. The summed E-state index contributed by atoms with van der Waals surface area (Å²) in [6.45, 7) is 0.375. The van der Waals surface area contributed by atoms with Gasteiger partial charge in [-0.15, -0.1) is 0 Å². The van der Waals surface area contributed by atoms with Crippen LogP contribution < -0.4 is 10.6 Å². The van der Waals surface area contributed by atoms with Gasteiger partial charge in [0.1, 0.15) is 6.04 Å². The second-order valence-electron chi connectivity index (χ2n) is 4.48. The normalized spacial score (nSPS) is 11.4. The number of rotatable bonds is 8. The Kier molecular flexibility index (Phi) is 6.73. The van der Waals surface area contributed by atoms with E-state index in [4.69, 9.17) is 10.2 Å². The predicted octanol–water partition coefficient (Wildman–Crippen LogP) is 0.846. The first-order chi connectivity index (χ1) is 9.99. The quantitative estimate of drug-likeness (QED) is 0.530. The largest absolute Gasteiger partial charge is 0.481 e. The van der Waals surface area contributed by atoms with Crippen molar-refractivity contribution in [2.24, 2.45) is 0 Å². The number of benzene rings is 1. The van der Waals surface area contributed by atoms with Gasteiger partial charge in [-0.25, -0.2) is 9.59 Å². The number of hydrogen-bond donors (Lipinski definition) is 4. The molecule has 0 unspecified atom stereocenters. The summed E-state index contributed by atoms with van der Waals surface area (Å²) in [7, 11) is 0. The highest BCUT2D eigenvalue weighted by molar-refractivity contribution is 5.86. The smallest absolute Gasteiger partial charge is 0.326 e. The van der Waals surface area contributed by atoms with E-state index >= 15 is 0 Å². The summed E-state index contributed by atoms with van der Waals surface area (Å²) < 4.78 is 0. The number of urea groups is 1. The molecule has 4 N–H and O–H groups in total. The van der Waals surface area contributed by atoms with E-state index in [0.717, 1.165) is 12.0 Å². The number of amides is 2. The van der Waals surface area contributed by atoms with Crippen molar-refractivity contribution in [3.8, 4) is 0 Å². The lowest BCUT2D eigenvalue weighted by Crippen LogP contribution is -2.47. The van der Waals surface area contributed by atoms with Crippen molar-refractivity contribution >= 4 is 18.0 Å². The van der Waals surface area contributed by atoms with E-state index in [2.05, 4.69) is 10.6 Å². The molecule has 0 heterocycles. The Hall–Kier alpha value is -2.57. The molecular formula is C14H18N2O5. The van der Waals surface area contributed by atoms with E-state index in [1.807, 2.05) is 30.3 Å². The van der Waals surface area contributed by atoms with Crippen molar-refractivity contribution in [1.82, 2.24) is 10.6 Å². The van der Waals surface area contributed by atoms with Crippen molar-refractivity contribution in [2.45, 2.75) is 25.3 Å². The number of carboxylic acids is 2. The zero-order valence-corrected chi connectivity index (χ0v) is 11.4. The van der Waals surface area contributed by atoms with Gasteiger partial charge in [-0.05, 0) is 18.4 Å². The lowest BCUT2D eigenvalue weighted by molar-refractivity contribution is -0.145. The minimum atomic E-state index is -1.43. The van der Waals surface area contributed by atoms with Crippen molar-refractivity contribution in [2.75, 3.05) is 6.54 Å². The summed E-state index contributed by atoms with van der Waals surface area (Å²) in [6.07, 6.45) is 0.833. The molecule has 2 amide bonds. The third-order valence-corrected chi connectivity index (χ3v) is 2.75. The monoisotopic (exact) mass is 294 g/mol. The average molecular weight is 294 g/mol. The number of carbonyl (C=O) groups is 3. The molecule has 0 fully saturated rings. The summed E-state index contributed by atoms with van der Waals surface area (Å²) in [4.78, 5) is 32.7. The SMILES string of the molecule is O=C(O)C[C@H](NC(=O)NCCCc1ccccc1)C(=O)O. The lowest BCUT2D eigenvalue weighted by atomic mass is 10.1. The summed E-state index contributed by atoms with van der Waals surface area (Å²) >= 11 is 0. The molecule has 1 rings (SSSR count). The van der Waals surface area contributed by atoms with Gasteiger partial charge in [-0.1, -0.05) is 30.3 Å². The fourth-order valence-corrected chi connectivity index (χ4v) is 1.72. The van der Waals surface area contributed by atoms with Gasteiger partial charge in [0.05, 0.1) is 6.42 Å². The molecule has 1 atom stereocenters. The van der Waals surface area contributed by atoms with Gasteiger partial charge in [0, 0.05) is 6.54 Å². The molecule has 0 saturated carbocycles. The molecule has 7 heteroatoms. The zero-order valence-electron chi connectivity index (χ0n) is 11.4. The number of carbonyl (C=O) groups excluding carboxylic acids is 1. The number of carboxylic acid groups (broad SMARTS) is 2. The Morgan fingerprint density at radius 3 is 2.33 bits per heavy atom. The van der Waals surface area contributed by atoms with Gasteiger partial charge < -0.3 is 20.8 Å². The van der Waals surface area contributed by atoms with Crippen molar-refractivity contribution in [1.29, 1.82) is 0 Å². The minimum absolute atomic E-state index is 0.375. The first kappa shape index (κ1) is 16.5.